The average molecular weight is 213 g/mol. The average Bonchev–Trinajstić information content (AvgIpc) is 2.27. The first-order valence-corrected chi connectivity index (χ1v) is 6.66. The molecule has 15 heavy (non-hydrogen) atoms. The monoisotopic (exact) mass is 213 g/mol. The van der Waals surface area contributed by atoms with Crippen LogP contribution in [0.15, 0.2) is 0 Å². The van der Waals surface area contributed by atoms with E-state index in [1.165, 1.54) is 12.8 Å². The number of nitrogens with one attached hydrogen (secondary N) is 1. The van der Waals surface area contributed by atoms with Gasteiger partial charge < -0.3 is 5.32 Å². The van der Waals surface area contributed by atoms with Crippen molar-refractivity contribution in [1.82, 2.24) is 5.32 Å². The van der Waals surface area contributed by atoms with Crippen molar-refractivity contribution in [3.05, 3.63) is 0 Å². The van der Waals surface area contributed by atoms with Gasteiger partial charge in [-0.1, -0.05) is 54.4 Å². The molecule has 92 valence electrons. The Morgan fingerprint density at radius 3 is 1.60 bits per heavy atom. The van der Waals surface area contributed by atoms with Gasteiger partial charge in [0.05, 0.1) is 0 Å². The van der Waals surface area contributed by atoms with Crippen LogP contribution in [0.5, 0.6) is 0 Å². The molecule has 0 aromatic heterocycles. The first-order valence-electron chi connectivity index (χ1n) is 6.66. The fourth-order valence-electron chi connectivity index (χ4n) is 2.54. The van der Waals surface area contributed by atoms with Crippen molar-refractivity contribution in [2.75, 3.05) is 7.05 Å². The van der Waals surface area contributed by atoms with Crippen molar-refractivity contribution in [3.63, 3.8) is 0 Å². The predicted molar refractivity (Wildman–Crippen MR) is 70.1 cm³/mol. The summed E-state index contributed by atoms with van der Waals surface area (Å²) in [6, 6.07) is 0.666. The Morgan fingerprint density at radius 1 is 0.800 bits per heavy atom. The van der Waals surface area contributed by atoms with Gasteiger partial charge in [0.15, 0.2) is 0 Å². The van der Waals surface area contributed by atoms with Gasteiger partial charge in [0.2, 0.25) is 0 Å². The summed E-state index contributed by atoms with van der Waals surface area (Å²) in [6.45, 7) is 14.1. The molecule has 0 amide bonds. The maximum absolute atomic E-state index is 3.51. The molecule has 0 aromatic carbocycles. The molecule has 0 aliphatic carbocycles. The lowest BCUT2D eigenvalue weighted by atomic mass is 9.76. The summed E-state index contributed by atoms with van der Waals surface area (Å²) < 4.78 is 0. The van der Waals surface area contributed by atoms with Gasteiger partial charge >= 0.3 is 0 Å². The van der Waals surface area contributed by atoms with Crippen LogP contribution in [-0.4, -0.2) is 13.1 Å². The van der Waals surface area contributed by atoms with Gasteiger partial charge in [-0.25, -0.2) is 0 Å². The molecule has 0 spiro atoms. The Labute approximate surface area is 97.0 Å². The highest BCUT2D eigenvalue weighted by Gasteiger charge is 2.27. The quantitative estimate of drug-likeness (QED) is 0.675. The Kier molecular flexibility index (Phi) is 7.25. The number of hydrogen-bond donors (Lipinski definition) is 1. The zero-order chi connectivity index (χ0) is 12.0. The Hall–Kier alpha value is -0.0400. The molecule has 0 aliphatic rings. The highest BCUT2D eigenvalue weighted by molar-refractivity contribution is 4.81. The smallest absolute Gasteiger partial charge is 0.0118 e. The Bertz CT molecular complexity index is 155. The van der Waals surface area contributed by atoms with Crippen LogP contribution in [0.1, 0.15) is 54.4 Å². The molecule has 1 nitrogen and oxygen atoms in total. The zero-order valence-electron chi connectivity index (χ0n) is 11.8. The third kappa shape index (κ3) is 4.14. The summed E-state index contributed by atoms with van der Waals surface area (Å²) in [7, 11) is 2.11. The molecule has 0 heterocycles. The van der Waals surface area contributed by atoms with Crippen LogP contribution in [0.2, 0.25) is 0 Å². The lowest BCUT2D eigenvalue weighted by Crippen LogP contribution is -2.41. The molecule has 0 aliphatic heterocycles. The second kappa shape index (κ2) is 7.27. The summed E-state index contributed by atoms with van der Waals surface area (Å²) in [5.74, 6) is 3.18. The fourth-order valence-corrected chi connectivity index (χ4v) is 2.54. The lowest BCUT2D eigenvalue weighted by molar-refractivity contribution is 0.182. The molecule has 0 radical (unpaired) electrons. The second-order valence-corrected chi connectivity index (χ2v) is 5.30. The molecule has 0 bridgehead atoms. The molecule has 0 fully saturated rings. The van der Waals surface area contributed by atoms with E-state index in [2.05, 4.69) is 53.9 Å². The van der Waals surface area contributed by atoms with Gasteiger partial charge in [-0.05, 0) is 30.7 Å². The second-order valence-electron chi connectivity index (χ2n) is 5.30. The minimum absolute atomic E-state index is 0.666. The molecule has 1 N–H and O–H groups in total. The summed E-state index contributed by atoms with van der Waals surface area (Å²) in [5.41, 5.74) is 0. The summed E-state index contributed by atoms with van der Waals surface area (Å²) in [4.78, 5) is 0. The summed E-state index contributed by atoms with van der Waals surface area (Å²) in [5, 5.41) is 3.51. The van der Waals surface area contributed by atoms with Crippen molar-refractivity contribution in [2.24, 2.45) is 23.7 Å². The van der Waals surface area contributed by atoms with Gasteiger partial charge in [-0.3, -0.25) is 0 Å². The first-order chi connectivity index (χ1) is 6.99. The van der Waals surface area contributed by atoms with Gasteiger partial charge in [0.25, 0.3) is 0 Å². The van der Waals surface area contributed by atoms with Crippen molar-refractivity contribution in [2.45, 2.75) is 60.4 Å². The lowest BCUT2D eigenvalue weighted by Gasteiger charge is -2.35. The van der Waals surface area contributed by atoms with Crippen LogP contribution >= 0.6 is 0 Å². The number of rotatable bonds is 7. The topological polar surface area (TPSA) is 12.0 Å². The van der Waals surface area contributed by atoms with E-state index in [1.807, 2.05) is 0 Å². The third-order valence-corrected chi connectivity index (χ3v) is 4.53. The van der Waals surface area contributed by atoms with Crippen molar-refractivity contribution in [1.29, 1.82) is 0 Å². The van der Waals surface area contributed by atoms with Crippen LogP contribution in [0, 0.1) is 23.7 Å². The normalized spacial score (nSPS) is 21.8. The van der Waals surface area contributed by atoms with E-state index < -0.39 is 0 Å². The van der Waals surface area contributed by atoms with Crippen LogP contribution < -0.4 is 5.32 Å². The summed E-state index contributed by atoms with van der Waals surface area (Å²) >= 11 is 0. The maximum Gasteiger partial charge on any atom is 0.0118 e. The van der Waals surface area contributed by atoms with E-state index >= 15 is 0 Å². The standard InChI is InChI=1S/C14H31N/c1-8-10(3)12(5)13(6)14(15-7)11(4)9-2/h10-15H,8-9H2,1-7H3. The zero-order valence-corrected chi connectivity index (χ0v) is 11.8. The number of hydrogen-bond acceptors (Lipinski definition) is 1. The first kappa shape index (κ1) is 15.0. The summed E-state index contributed by atoms with van der Waals surface area (Å²) in [6.07, 6.45) is 2.56. The van der Waals surface area contributed by atoms with E-state index in [0.29, 0.717) is 6.04 Å². The van der Waals surface area contributed by atoms with Crippen LogP contribution in [0.3, 0.4) is 0 Å². The van der Waals surface area contributed by atoms with E-state index in [9.17, 15) is 0 Å². The minimum atomic E-state index is 0.666. The molecule has 0 saturated carbocycles. The van der Waals surface area contributed by atoms with Crippen molar-refractivity contribution in [3.8, 4) is 0 Å². The molecule has 0 saturated heterocycles. The van der Waals surface area contributed by atoms with Crippen LogP contribution in [0.4, 0.5) is 0 Å². The fraction of sp³-hybridized carbons (Fsp3) is 1.00. The maximum atomic E-state index is 3.51. The highest BCUT2D eigenvalue weighted by atomic mass is 14.9. The van der Waals surface area contributed by atoms with E-state index in [1.54, 1.807) is 0 Å². The molecule has 1 heteroatoms. The van der Waals surface area contributed by atoms with E-state index in [4.69, 9.17) is 0 Å². The minimum Gasteiger partial charge on any atom is -0.316 e. The highest BCUT2D eigenvalue weighted by Crippen LogP contribution is 2.29. The molecule has 5 atom stereocenters. The van der Waals surface area contributed by atoms with Crippen LogP contribution in [-0.2, 0) is 0 Å². The molecule has 5 unspecified atom stereocenters. The Balaban J connectivity index is 4.42. The van der Waals surface area contributed by atoms with Gasteiger partial charge in [-0.2, -0.15) is 0 Å². The van der Waals surface area contributed by atoms with Gasteiger partial charge in [0.1, 0.15) is 0 Å². The molecule has 0 rings (SSSR count). The Morgan fingerprint density at radius 2 is 1.27 bits per heavy atom. The third-order valence-electron chi connectivity index (χ3n) is 4.53. The SMILES string of the molecule is CCC(C)C(C)C(C)C(NC)C(C)CC. The molecule has 0 aromatic rings. The molecular formula is C14H31N. The van der Waals surface area contributed by atoms with Crippen LogP contribution in [0.25, 0.3) is 0 Å². The largest absolute Gasteiger partial charge is 0.316 e. The van der Waals surface area contributed by atoms with Gasteiger partial charge in [0, 0.05) is 6.04 Å². The van der Waals surface area contributed by atoms with E-state index in [0.717, 1.165) is 23.7 Å². The molecular weight excluding hydrogens is 182 g/mol. The van der Waals surface area contributed by atoms with E-state index in [-0.39, 0.29) is 0 Å². The predicted octanol–water partition coefficient (Wildman–Crippen LogP) is 3.94. The van der Waals surface area contributed by atoms with Gasteiger partial charge in [-0.15, -0.1) is 0 Å². The van der Waals surface area contributed by atoms with Crippen molar-refractivity contribution < 1.29 is 0 Å². The van der Waals surface area contributed by atoms with Crippen molar-refractivity contribution >= 4 is 0 Å².